The van der Waals surface area contributed by atoms with Crippen molar-refractivity contribution in [3.63, 3.8) is 0 Å². The minimum absolute atomic E-state index is 0.0277. The third kappa shape index (κ3) is 15.0. The fraction of sp³-hybridized carbons (Fsp3) is 0.417. The molecule has 2 aromatic carbocycles. The van der Waals surface area contributed by atoms with E-state index in [1.165, 1.54) is 25.7 Å². The number of carbonyl (C=O) groups excluding carboxylic acids is 1. The molecule has 3 rings (SSSR count). The minimum atomic E-state index is -0.924. The van der Waals surface area contributed by atoms with E-state index in [1.54, 1.807) is 12.1 Å². The zero-order valence-electron chi connectivity index (χ0n) is 25.9. The van der Waals surface area contributed by atoms with E-state index in [2.05, 4.69) is 55.5 Å². The van der Waals surface area contributed by atoms with Gasteiger partial charge in [-0.1, -0.05) is 122 Å². The standard InChI is InChI=1S/C36H46BClO6/c1-2-3-4-5-6-7-8-9-10-11-12-13-14-15-16-17-21-28-35(39)42-32(29-40-36(38)31-24-19-18-20-25-31)30-41-37-43-33-26-22-23-27-34(33)44-37/h6-7,9-10,12-13,15-16,18-20,22-27,32,36H,2-5,8,11,14,17,21,28-30H2,1H3/b7-6-,10-9-,13-12-,16-15-. The topological polar surface area (TPSA) is 63.2 Å². The Balaban J connectivity index is 1.31. The Labute approximate surface area is 268 Å². The molecular weight excluding hydrogens is 575 g/mol. The highest BCUT2D eigenvalue weighted by Gasteiger charge is 2.36. The molecule has 0 fully saturated rings. The molecule has 2 aromatic rings. The lowest BCUT2D eigenvalue weighted by molar-refractivity contribution is -0.155. The molecule has 0 saturated carbocycles. The quantitative estimate of drug-likeness (QED) is 0.0429. The number of carbonyl (C=O) groups is 1. The molecule has 0 N–H and O–H groups in total. The van der Waals surface area contributed by atoms with Crippen molar-refractivity contribution in [3.05, 3.63) is 109 Å². The summed E-state index contributed by atoms with van der Waals surface area (Å²) in [5.74, 6) is 0.883. The Morgan fingerprint density at radius 2 is 1.34 bits per heavy atom. The molecule has 0 saturated heterocycles. The Bertz CT molecular complexity index is 1160. The number of halogens is 1. The van der Waals surface area contributed by atoms with Crippen LogP contribution < -0.4 is 9.31 Å². The number of hydrogen-bond acceptors (Lipinski definition) is 6. The fourth-order valence-corrected chi connectivity index (χ4v) is 4.53. The minimum Gasteiger partial charge on any atom is -0.498 e. The van der Waals surface area contributed by atoms with Crippen LogP contribution in [-0.4, -0.2) is 32.6 Å². The molecule has 0 radical (unpaired) electrons. The summed E-state index contributed by atoms with van der Waals surface area (Å²) >= 11 is 6.42. The van der Waals surface area contributed by atoms with Gasteiger partial charge in [-0.25, -0.2) is 0 Å². The number of fused-ring (bicyclic) bond motifs is 1. The molecule has 2 atom stereocenters. The first-order chi connectivity index (χ1) is 21.7. The number of esters is 1. The molecule has 6 nitrogen and oxygen atoms in total. The summed E-state index contributed by atoms with van der Waals surface area (Å²) in [4.78, 5) is 12.6. The van der Waals surface area contributed by atoms with Gasteiger partial charge < -0.3 is 23.4 Å². The SMILES string of the molecule is CCCCC/C=C\C/C=C\C/C=C\C/C=C\CCCC(=O)OC(COB1Oc2ccccc2O1)COC(Cl)c1ccccc1. The van der Waals surface area contributed by atoms with Crippen molar-refractivity contribution >= 4 is 24.9 Å². The first-order valence-electron chi connectivity index (χ1n) is 15.8. The number of unbranched alkanes of at least 4 members (excludes halogenated alkanes) is 4. The number of alkyl halides is 1. The van der Waals surface area contributed by atoms with Crippen LogP contribution in [0, 0.1) is 0 Å². The normalized spacial score (nSPS) is 14.4. The Hall–Kier alpha value is -3.26. The van der Waals surface area contributed by atoms with Crippen LogP contribution in [0.1, 0.15) is 82.3 Å². The summed E-state index contributed by atoms with van der Waals surface area (Å²) in [5.41, 5.74) is 0.134. The van der Waals surface area contributed by atoms with Gasteiger partial charge in [0.2, 0.25) is 0 Å². The van der Waals surface area contributed by atoms with Crippen LogP contribution in [0.2, 0.25) is 0 Å². The Kier molecular flexibility index (Phi) is 17.8. The van der Waals surface area contributed by atoms with Crippen LogP contribution in [-0.2, 0) is 18.9 Å². The Morgan fingerprint density at radius 1 is 0.773 bits per heavy atom. The average molecular weight is 621 g/mol. The molecule has 0 spiro atoms. The van der Waals surface area contributed by atoms with Gasteiger partial charge in [-0.3, -0.25) is 4.79 Å². The molecular formula is C36H46BClO6. The van der Waals surface area contributed by atoms with Crippen molar-refractivity contribution in [1.29, 1.82) is 0 Å². The number of hydrogen-bond donors (Lipinski definition) is 0. The van der Waals surface area contributed by atoms with Gasteiger partial charge in [-0.05, 0) is 62.6 Å². The molecule has 8 heteroatoms. The van der Waals surface area contributed by atoms with Gasteiger partial charge in [0.15, 0.2) is 5.56 Å². The lowest BCUT2D eigenvalue weighted by atomic mass is 10.2. The van der Waals surface area contributed by atoms with Crippen LogP contribution in [0.25, 0.3) is 0 Å². The lowest BCUT2D eigenvalue weighted by Crippen LogP contribution is -2.36. The van der Waals surface area contributed by atoms with Gasteiger partial charge in [0.05, 0.1) is 13.2 Å². The number of allylic oxidation sites excluding steroid dienone is 8. The molecule has 2 unspecified atom stereocenters. The highest BCUT2D eigenvalue weighted by atomic mass is 35.5. The maximum absolute atomic E-state index is 12.6. The molecule has 1 aliphatic heterocycles. The summed E-state index contributed by atoms with van der Waals surface area (Å²) in [5, 5.41) is 0. The van der Waals surface area contributed by atoms with E-state index in [0.29, 0.717) is 24.3 Å². The van der Waals surface area contributed by atoms with E-state index in [-0.39, 0.29) is 19.2 Å². The monoisotopic (exact) mass is 620 g/mol. The van der Waals surface area contributed by atoms with Crippen LogP contribution >= 0.6 is 11.6 Å². The Morgan fingerprint density at radius 3 is 1.95 bits per heavy atom. The van der Waals surface area contributed by atoms with E-state index >= 15 is 0 Å². The molecule has 0 aromatic heterocycles. The second-order valence-electron chi connectivity index (χ2n) is 10.5. The second kappa shape index (κ2) is 22.3. The van der Waals surface area contributed by atoms with Gasteiger partial charge in [0.25, 0.3) is 0 Å². The molecule has 1 heterocycles. The van der Waals surface area contributed by atoms with Crippen LogP contribution in [0.15, 0.2) is 103 Å². The smallest absolute Gasteiger partial charge is 0.498 e. The molecule has 1 aliphatic rings. The van der Waals surface area contributed by atoms with Gasteiger partial charge in [-0.2, -0.15) is 0 Å². The predicted octanol–water partition coefficient (Wildman–Crippen LogP) is 9.47. The molecule has 236 valence electrons. The van der Waals surface area contributed by atoms with Gasteiger partial charge in [0, 0.05) is 6.42 Å². The zero-order valence-corrected chi connectivity index (χ0v) is 26.6. The van der Waals surface area contributed by atoms with Crippen LogP contribution in [0.5, 0.6) is 11.5 Å². The summed E-state index contributed by atoms with van der Waals surface area (Å²) in [7, 11) is -0.924. The largest absolute Gasteiger partial charge is 0.788 e. The lowest BCUT2D eigenvalue weighted by Gasteiger charge is -2.20. The van der Waals surface area contributed by atoms with Crippen molar-refractivity contribution in [2.45, 2.75) is 82.8 Å². The van der Waals surface area contributed by atoms with E-state index < -0.39 is 19.0 Å². The second-order valence-corrected chi connectivity index (χ2v) is 10.9. The highest BCUT2D eigenvalue weighted by molar-refractivity contribution is 6.40. The number of benzene rings is 2. The van der Waals surface area contributed by atoms with Gasteiger partial charge in [0.1, 0.15) is 17.6 Å². The van der Waals surface area contributed by atoms with E-state index in [9.17, 15) is 4.79 Å². The molecule has 44 heavy (non-hydrogen) atoms. The van der Waals surface area contributed by atoms with Gasteiger partial charge >= 0.3 is 13.3 Å². The third-order valence-corrected chi connectivity index (χ3v) is 7.09. The van der Waals surface area contributed by atoms with Crippen LogP contribution in [0.4, 0.5) is 0 Å². The van der Waals surface area contributed by atoms with Crippen molar-refractivity contribution in [2.24, 2.45) is 0 Å². The number of rotatable bonds is 22. The van der Waals surface area contributed by atoms with Crippen molar-refractivity contribution in [2.75, 3.05) is 13.2 Å². The summed E-state index contributed by atoms with van der Waals surface area (Å²) in [6.45, 7) is 2.32. The maximum atomic E-state index is 12.6. The number of ether oxygens (including phenoxy) is 2. The van der Waals surface area contributed by atoms with E-state index in [1.807, 2.05) is 42.5 Å². The zero-order chi connectivity index (χ0) is 31.1. The molecule has 0 bridgehead atoms. The molecule has 0 aliphatic carbocycles. The first-order valence-corrected chi connectivity index (χ1v) is 16.2. The first kappa shape index (κ1) is 35.2. The average Bonchev–Trinajstić information content (AvgIpc) is 3.47. The van der Waals surface area contributed by atoms with Gasteiger partial charge in [-0.15, -0.1) is 0 Å². The third-order valence-electron chi connectivity index (χ3n) is 6.71. The van der Waals surface area contributed by atoms with Crippen molar-refractivity contribution in [1.82, 2.24) is 0 Å². The highest BCUT2D eigenvalue weighted by Crippen LogP contribution is 2.32. The fourth-order valence-electron chi connectivity index (χ4n) is 4.31. The predicted molar refractivity (Wildman–Crippen MR) is 179 cm³/mol. The van der Waals surface area contributed by atoms with E-state index in [0.717, 1.165) is 31.2 Å². The van der Waals surface area contributed by atoms with Crippen molar-refractivity contribution in [3.8, 4) is 11.5 Å². The summed E-state index contributed by atoms with van der Waals surface area (Å²) < 4.78 is 28.6. The summed E-state index contributed by atoms with van der Waals surface area (Å²) in [6.07, 6.45) is 26.5. The summed E-state index contributed by atoms with van der Waals surface area (Å²) in [6, 6.07) is 16.8. The molecule has 0 amide bonds. The van der Waals surface area contributed by atoms with Crippen LogP contribution in [0.3, 0.4) is 0 Å². The van der Waals surface area contributed by atoms with E-state index in [4.69, 9.17) is 35.0 Å². The number of para-hydroxylation sites is 2. The van der Waals surface area contributed by atoms with Crippen molar-refractivity contribution < 1.29 is 28.2 Å². The maximum Gasteiger partial charge on any atom is 0.788 e.